The summed E-state index contributed by atoms with van der Waals surface area (Å²) in [5.41, 5.74) is -0.209. The van der Waals surface area contributed by atoms with Gasteiger partial charge in [-0.3, -0.25) is 4.79 Å². The molecular formula is C24H29F3N4O4. The second-order valence-corrected chi connectivity index (χ2v) is 8.52. The average molecular weight is 495 g/mol. The van der Waals surface area contributed by atoms with Crippen LogP contribution in [-0.2, 0) is 6.18 Å². The van der Waals surface area contributed by atoms with Crippen LogP contribution in [0.2, 0.25) is 0 Å². The highest BCUT2D eigenvalue weighted by atomic mass is 19.4. The van der Waals surface area contributed by atoms with Crippen molar-refractivity contribution in [2.24, 2.45) is 5.92 Å². The molecule has 0 aliphatic carbocycles. The predicted molar refractivity (Wildman–Crippen MR) is 126 cm³/mol. The first-order valence-electron chi connectivity index (χ1n) is 11.2. The van der Waals surface area contributed by atoms with E-state index in [1.54, 1.807) is 37.1 Å². The van der Waals surface area contributed by atoms with Gasteiger partial charge in [0.25, 0.3) is 5.91 Å². The fourth-order valence-electron chi connectivity index (χ4n) is 3.81. The normalized spacial score (nSPS) is 19.2. The van der Waals surface area contributed by atoms with Crippen molar-refractivity contribution in [3.63, 3.8) is 0 Å². The van der Waals surface area contributed by atoms with Gasteiger partial charge in [-0.15, -0.1) is 0 Å². The maximum Gasteiger partial charge on any atom is 0.416 e. The van der Waals surface area contributed by atoms with Crippen LogP contribution in [0.1, 0.15) is 29.8 Å². The second kappa shape index (κ2) is 11.0. The van der Waals surface area contributed by atoms with Crippen LogP contribution in [-0.4, -0.2) is 60.8 Å². The van der Waals surface area contributed by atoms with Crippen molar-refractivity contribution in [3.8, 4) is 5.75 Å². The first kappa shape index (κ1) is 26.3. The SMILES string of the molecule is CNC[C@@H]1Oc2c(NC(=O)Nc3ccc(C(F)(F)F)cc3)cccc2C(=O)N([C@@H](C)CO)C[C@@H]1C. The Hall–Kier alpha value is -3.31. The summed E-state index contributed by atoms with van der Waals surface area (Å²) < 4.78 is 44.5. The molecule has 1 aliphatic rings. The number of carbonyl (C=O) groups excluding carboxylic acids is 2. The molecule has 0 saturated heterocycles. The molecule has 0 unspecified atom stereocenters. The summed E-state index contributed by atoms with van der Waals surface area (Å²) in [5, 5.41) is 17.9. The van der Waals surface area contributed by atoms with Gasteiger partial charge in [0.15, 0.2) is 5.75 Å². The zero-order chi connectivity index (χ0) is 25.8. The number of amides is 3. The molecule has 0 bridgehead atoms. The fraction of sp³-hybridized carbons (Fsp3) is 0.417. The number of ether oxygens (including phenoxy) is 1. The highest BCUT2D eigenvalue weighted by molar-refractivity contribution is 6.04. The lowest BCUT2D eigenvalue weighted by Gasteiger charge is -2.37. The minimum Gasteiger partial charge on any atom is -0.486 e. The quantitative estimate of drug-likeness (QED) is 0.490. The van der Waals surface area contributed by atoms with Crippen molar-refractivity contribution in [1.29, 1.82) is 0 Å². The Morgan fingerprint density at radius 1 is 1.20 bits per heavy atom. The van der Waals surface area contributed by atoms with Gasteiger partial charge >= 0.3 is 12.2 Å². The summed E-state index contributed by atoms with van der Waals surface area (Å²) in [6, 6.07) is 7.65. The summed E-state index contributed by atoms with van der Waals surface area (Å²) in [6.07, 6.45) is -4.82. The Kier molecular flexibility index (Phi) is 8.23. The molecule has 8 nitrogen and oxygen atoms in total. The van der Waals surface area contributed by atoms with E-state index >= 15 is 0 Å². The van der Waals surface area contributed by atoms with Crippen LogP contribution in [0, 0.1) is 5.92 Å². The molecule has 0 saturated carbocycles. The van der Waals surface area contributed by atoms with Gasteiger partial charge in [-0.05, 0) is 50.4 Å². The van der Waals surface area contributed by atoms with E-state index in [4.69, 9.17) is 4.74 Å². The third-order valence-corrected chi connectivity index (χ3v) is 5.81. The van der Waals surface area contributed by atoms with Gasteiger partial charge in [-0.1, -0.05) is 13.0 Å². The van der Waals surface area contributed by atoms with Crippen LogP contribution in [0.3, 0.4) is 0 Å². The van der Waals surface area contributed by atoms with E-state index in [1.165, 1.54) is 0 Å². The zero-order valence-corrected chi connectivity index (χ0v) is 19.6. The molecular weight excluding hydrogens is 465 g/mol. The van der Waals surface area contributed by atoms with Crippen LogP contribution < -0.4 is 20.7 Å². The number of aliphatic hydroxyl groups excluding tert-OH is 1. The van der Waals surface area contributed by atoms with Gasteiger partial charge in [0.2, 0.25) is 0 Å². The number of para-hydroxylation sites is 1. The van der Waals surface area contributed by atoms with E-state index in [9.17, 15) is 27.9 Å². The zero-order valence-electron chi connectivity index (χ0n) is 19.6. The molecule has 0 fully saturated rings. The van der Waals surface area contributed by atoms with Crippen LogP contribution in [0.5, 0.6) is 5.75 Å². The van der Waals surface area contributed by atoms with Crippen LogP contribution in [0.15, 0.2) is 42.5 Å². The molecule has 1 aliphatic heterocycles. The van der Waals surface area contributed by atoms with Gasteiger partial charge in [0, 0.05) is 24.7 Å². The molecule has 1 heterocycles. The number of nitrogens with zero attached hydrogens (tertiary/aromatic N) is 1. The van der Waals surface area contributed by atoms with E-state index < -0.39 is 23.8 Å². The number of aliphatic hydroxyl groups is 1. The molecule has 0 radical (unpaired) electrons. The van der Waals surface area contributed by atoms with E-state index in [0.717, 1.165) is 24.3 Å². The van der Waals surface area contributed by atoms with Gasteiger partial charge < -0.3 is 30.7 Å². The number of carbonyl (C=O) groups is 2. The second-order valence-electron chi connectivity index (χ2n) is 8.52. The maximum absolute atomic E-state index is 13.3. The number of likely N-dealkylation sites (N-methyl/N-ethyl adjacent to an activating group) is 1. The molecule has 0 aromatic heterocycles. The Balaban J connectivity index is 1.89. The summed E-state index contributed by atoms with van der Waals surface area (Å²) >= 11 is 0. The number of urea groups is 1. The van der Waals surface area contributed by atoms with Crippen molar-refractivity contribution >= 4 is 23.3 Å². The third-order valence-electron chi connectivity index (χ3n) is 5.81. The highest BCUT2D eigenvalue weighted by Gasteiger charge is 2.34. The molecule has 3 rings (SSSR count). The maximum atomic E-state index is 13.3. The Morgan fingerprint density at radius 2 is 1.89 bits per heavy atom. The van der Waals surface area contributed by atoms with Crippen LogP contribution >= 0.6 is 0 Å². The molecule has 0 spiro atoms. The Bertz CT molecular complexity index is 1050. The monoisotopic (exact) mass is 494 g/mol. The number of anilines is 2. The summed E-state index contributed by atoms with van der Waals surface area (Å²) in [5.74, 6) is -0.257. The van der Waals surface area contributed by atoms with E-state index in [2.05, 4.69) is 16.0 Å². The van der Waals surface area contributed by atoms with E-state index in [-0.39, 0.29) is 47.2 Å². The lowest BCUT2D eigenvalue weighted by atomic mass is 9.99. The molecule has 11 heteroatoms. The number of hydrogen-bond acceptors (Lipinski definition) is 5. The number of nitrogens with one attached hydrogen (secondary N) is 3. The van der Waals surface area contributed by atoms with Crippen molar-refractivity contribution in [2.75, 3.05) is 37.4 Å². The molecule has 35 heavy (non-hydrogen) atoms. The summed E-state index contributed by atoms with van der Waals surface area (Å²) in [6.45, 7) is 4.32. The van der Waals surface area contributed by atoms with Gasteiger partial charge in [0.05, 0.1) is 29.5 Å². The Labute approximate surface area is 201 Å². The molecule has 190 valence electrons. The van der Waals surface area contributed by atoms with Crippen molar-refractivity contribution in [3.05, 3.63) is 53.6 Å². The summed E-state index contributed by atoms with van der Waals surface area (Å²) in [4.78, 5) is 27.6. The van der Waals surface area contributed by atoms with Crippen LogP contribution in [0.25, 0.3) is 0 Å². The standard InChI is InChI=1S/C24H29F3N4O4/c1-14-12-31(15(2)13-32)22(33)18-5-4-6-19(21(18)35-20(14)11-28-3)30-23(34)29-17-9-7-16(8-10-17)24(25,26)27/h4-10,14-15,20,28,32H,11-13H2,1-3H3,(H2,29,30,34)/t14-,15-,20-/m0/s1. The Morgan fingerprint density at radius 3 is 2.49 bits per heavy atom. The summed E-state index contributed by atoms with van der Waals surface area (Å²) in [7, 11) is 1.77. The van der Waals surface area contributed by atoms with Gasteiger partial charge in [-0.25, -0.2) is 4.79 Å². The number of hydrogen-bond donors (Lipinski definition) is 4. The molecule has 2 aromatic carbocycles. The first-order chi connectivity index (χ1) is 16.5. The smallest absolute Gasteiger partial charge is 0.416 e. The van der Waals surface area contributed by atoms with Crippen molar-refractivity contribution in [1.82, 2.24) is 10.2 Å². The van der Waals surface area contributed by atoms with Crippen molar-refractivity contribution < 1.29 is 32.6 Å². The number of benzene rings is 2. The lowest BCUT2D eigenvalue weighted by Crippen LogP contribution is -2.49. The lowest BCUT2D eigenvalue weighted by molar-refractivity contribution is -0.137. The molecule has 3 amide bonds. The minimum absolute atomic E-state index is 0.0948. The van der Waals surface area contributed by atoms with E-state index in [1.807, 2.05) is 6.92 Å². The van der Waals surface area contributed by atoms with E-state index in [0.29, 0.717) is 13.1 Å². The number of rotatable bonds is 6. The van der Waals surface area contributed by atoms with Crippen molar-refractivity contribution in [2.45, 2.75) is 32.2 Å². The van der Waals surface area contributed by atoms with Crippen LogP contribution in [0.4, 0.5) is 29.3 Å². The highest BCUT2D eigenvalue weighted by Crippen LogP contribution is 2.35. The molecule has 2 aromatic rings. The first-order valence-corrected chi connectivity index (χ1v) is 11.2. The number of halogens is 3. The largest absolute Gasteiger partial charge is 0.486 e. The van der Waals surface area contributed by atoms with Gasteiger partial charge in [-0.2, -0.15) is 13.2 Å². The minimum atomic E-state index is -4.48. The fourth-order valence-corrected chi connectivity index (χ4v) is 3.81. The molecule has 3 atom stereocenters. The topological polar surface area (TPSA) is 103 Å². The molecule has 4 N–H and O–H groups in total. The number of fused-ring (bicyclic) bond motifs is 1. The predicted octanol–water partition coefficient (Wildman–Crippen LogP) is 3.79. The van der Waals surface area contributed by atoms with Gasteiger partial charge in [0.1, 0.15) is 6.10 Å². The third kappa shape index (κ3) is 6.23. The number of alkyl halides is 3. The average Bonchev–Trinajstić information content (AvgIpc) is 2.81.